The fraction of sp³-hybridized carbons (Fsp3) is 0.636. The molecule has 1 aromatic heterocycles. The largest absolute Gasteiger partial charge is 0.394 e. The molecule has 7 nitrogen and oxygen atoms in total. The van der Waals surface area contributed by atoms with Crippen molar-refractivity contribution >= 4 is 5.82 Å². The van der Waals surface area contributed by atoms with Crippen molar-refractivity contribution in [2.75, 3.05) is 18.5 Å². The number of anilines is 1. The van der Waals surface area contributed by atoms with Gasteiger partial charge in [0.15, 0.2) is 0 Å². The number of aliphatic hydroxyl groups excluding tert-OH is 2. The highest BCUT2D eigenvalue weighted by Gasteiger charge is 2.34. The number of aromatic nitrogens is 2. The van der Waals surface area contributed by atoms with Crippen LogP contribution in [0.4, 0.5) is 5.82 Å². The third kappa shape index (κ3) is 2.53. The first-order valence-electron chi connectivity index (χ1n) is 5.93. The molecule has 1 aliphatic rings. The number of aliphatic hydroxyl groups is 2. The van der Waals surface area contributed by atoms with Crippen LogP contribution in [0.15, 0.2) is 17.1 Å². The summed E-state index contributed by atoms with van der Waals surface area (Å²) in [5.41, 5.74) is -0.441. The maximum absolute atomic E-state index is 11.8. The zero-order valence-electron chi connectivity index (χ0n) is 10.1. The van der Waals surface area contributed by atoms with Crippen molar-refractivity contribution in [1.29, 1.82) is 0 Å². The van der Waals surface area contributed by atoms with E-state index in [1.807, 2.05) is 6.92 Å². The number of nitrogens with zero attached hydrogens (tertiary/aromatic N) is 2. The summed E-state index contributed by atoms with van der Waals surface area (Å²) in [5, 5.41) is 21.5. The predicted molar refractivity (Wildman–Crippen MR) is 64.3 cm³/mol. The molecule has 7 heteroatoms. The second kappa shape index (κ2) is 5.47. The molecule has 0 saturated carbocycles. The van der Waals surface area contributed by atoms with Gasteiger partial charge in [-0.05, 0) is 13.0 Å². The first kappa shape index (κ1) is 13.0. The van der Waals surface area contributed by atoms with E-state index in [0.717, 1.165) is 0 Å². The van der Waals surface area contributed by atoms with E-state index in [0.29, 0.717) is 12.4 Å². The Bertz CT molecular complexity index is 462. The lowest BCUT2D eigenvalue weighted by atomic mass is 10.2. The minimum absolute atomic E-state index is 0.269. The van der Waals surface area contributed by atoms with Crippen LogP contribution >= 0.6 is 0 Å². The summed E-state index contributed by atoms with van der Waals surface area (Å²) in [6.45, 7) is 2.33. The zero-order chi connectivity index (χ0) is 13.1. The molecule has 0 aromatic carbocycles. The second-order valence-electron chi connectivity index (χ2n) is 4.15. The lowest BCUT2D eigenvalue weighted by Crippen LogP contribution is -2.28. The SMILES string of the molecule is CCNc1ccn([C@H]2CC(O)[C@@H](CO)O2)c(=O)n1. The van der Waals surface area contributed by atoms with Crippen LogP contribution in [-0.2, 0) is 4.74 Å². The molecular formula is C11H17N3O4. The van der Waals surface area contributed by atoms with E-state index in [-0.39, 0.29) is 13.0 Å². The minimum Gasteiger partial charge on any atom is -0.394 e. The lowest BCUT2D eigenvalue weighted by molar-refractivity contribution is -0.0458. The molecule has 3 N–H and O–H groups in total. The quantitative estimate of drug-likeness (QED) is 0.659. The Morgan fingerprint density at radius 2 is 2.44 bits per heavy atom. The summed E-state index contributed by atoms with van der Waals surface area (Å²) in [6, 6.07) is 1.67. The van der Waals surface area contributed by atoms with Gasteiger partial charge in [0, 0.05) is 19.2 Å². The number of hydrogen-bond acceptors (Lipinski definition) is 6. The molecule has 18 heavy (non-hydrogen) atoms. The Labute approximate surface area is 104 Å². The summed E-state index contributed by atoms with van der Waals surface area (Å²) >= 11 is 0. The molecule has 0 radical (unpaired) electrons. The summed E-state index contributed by atoms with van der Waals surface area (Å²) in [7, 11) is 0. The summed E-state index contributed by atoms with van der Waals surface area (Å²) in [4.78, 5) is 15.6. The monoisotopic (exact) mass is 255 g/mol. The maximum Gasteiger partial charge on any atom is 0.351 e. The van der Waals surface area contributed by atoms with Crippen LogP contribution in [0.5, 0.6) is 0 Å². The highest BCUT2D eigenvalue weighted by Crippen LogP contribution is 2.27. The van der Waals surface area contributed by atoms with E-state index in [1.165, 1.54) is 4.57 Å². The van der Waals surface area contributed by atoms with Gasteiger partial charge in [-0.3, -0.25) is 4.57 Å². The number of hydrogen-bond donors (Lipinski definition) is 3. The fourth-order valence-electron chi connectivity index (χ4n) is 1.96. The first-order valence-corrected chi connectivity index (χ1v) is 5.93. The standard InChI is InChI=1S/C11H17N3O4/c1-2-12-9-3-4-14(11(17)13-9)10-5-7(16)8(6-15)18-10/h3-4,7-8,10,15-16H,2,5-6H2,1H3,(H,12,13,17)/t7?,8-,10-/m1/s1. The average molecular weight is 255 g/mol. The number of nitrogens with one attached hydrogen (secondary N) is 1. The molecule has 100 valence electrons. The van der Waals surface area contributed by atoms with Crippen molar-refractivity contribution < 1.29 is 14.9 Å². The third-order valence-corrected chi connectivity index (χ3v) is 2.88. The average Bonchev–Trinajstić information content (AvgIpc) is 2.71. The Morgan fingerprint density at radius 3 is 3.00 bits per heavy atom. The molecule has 3 atom stereocenters. The highest BCUT2D eigenvalue weighted by atomic mass is 16.5. The zero-order valence-corrected chi connectivity index (χ0v) is 10.1. The predicted octanol–water partition coefficient (Wildman–Crippen LogP) is -0.684. The molecule has 0 aliphatic carbocycles. The molecule has 0 bridgehead atoms. The molecule has 0 amide bonds. The van der Waals surface area contributed by atoms with E-state index in [2.05, 4.69) is 10.3 Å². The van der Waals surface area contributed by atoms with Crippen LogP contribution in [0.25, 0.3) is 0 Å². The van der Waals surface area contributed by atoms with Gasteiger partial charge < -0.3 is 20.3 Å². The van der Waals surface area contributed by atoms with Crippen molar-refractivity contribution in [3.63, 3.8) is 0 Å². The van der Waals surface area contributed by atoms with Gasteiger partial charge in [0.25, 0.3) is 0 Å². The smallest absolute Gasteiger partial charge is 0.351 e. The van der Waals surface area contributed by atoms with Gasteiger partial charge in [-0.25, -0.2) is 4.79 Å². The van der Waals surface area contributed by atoms with Crippen molar-refractivity contribution in [2.24, 2.45) is 0 Å². The van der Waals surface area contributed by atoms with E-state index in [1.54, 1.807) is 12.3 Å². The lowest BCUT2D eigenvalue weighted by Gasteiger charge is -2.14. The van der Waals surface area contributed by atoms with Crippen molar-refractivity contribution in [2.45, 2.75) is 31.8 Å². The van der Waals surface area contributed by atoms with Crippen LogP contribution in [0.1, 0.15) is 19.6 Å². The third-order valence-electron chi connectivity index (χ3n) is 2.88. The van der Waals surface area contributed by atoms with E-state index < -0.39 is 24.1 Å². The topological polar surface area (TPSA) is 96.6 Å². The van der Waals surface area contributed by atoms with Crippen LogP contribution in [0.2, 0.25) is 0 Å². The van der Waals surface area contributed by atoms with E-state index in [9.17, 15) is 9.90 Å². The Kier molecular flexibility index (Phi) is 3.95. The number of ether oxygens (including phenoxy) is 1. The molecular weight excluding hydrogens is 238 g/mol. The highest BCUT2D eigenvalue weighted by molar-refractivity contribution is 5.31. The second-order valence-corrected chi connectivity index (χ2v) is 4.15. The Balaban J connectivity index is 2.17. The normalized spacial score (nSPS) is 27.4. The van der Waals surface area contributed by atoms with Gasteiger partial charge >= 0.3 is 5.69 Å². The van der Waals surface area contributed by atoms with Crippen LogP contribution in [-0.4, -0.2) is 45.1 Å². The summed E-state index contributed by atoms with van der Waals surface area (Å²) in [6.07, 6.45) is -0.138. The first-order chi connectivity index (χ1) is 8.65. The van der Waals surface area contributed by atoms with E-state index in [4.69, 9.17) is 9.84 Å². The van der Waals surface area contributed by atoms with Crippen molar-refractivity contribution in [3.8, 4) is 0 Å². The molecule has 1 unspecified atom stereocenters. The molecule has 2 heterocycles. The van der Waals surface area contributed by atoms with Gasteiger partial charge in [-0.15, -0.1) is 0 Å². The van der Waals surface area contributed by atoms with Gasteiger partial charge in [0.05, 0.1) is 12.7 Å². The van der Waals surface area contributed by atoms with Crippen molar-refractivity contribution in [3.05, 3.63) is 22.7 Å². The molecule has 1 aromatic rings. The molecule has 1 aliphatic heterocycles. The molecule has 1 saturated heterocycles. The van der Waals surface area contributed by atoms with Gasteiger partial charge in [0.1, 0.15) is 18.1 Å². The number of rotatable bonds is 4. The maximum atomic E-state index is 11.8. The van der Waals surface area contributed by atoms with Crippen molar-refractivity contribution in [1.82, 2.24) is 9.55 Å². The summed E-state index contributed by atoms with van der Waals surface area (Å²) < 4.78 is 6.71. The Hall–Kier alpha value is -1.44. The molecule has 1 fully saturated rings. The van der Waals surface area contributed by atoms with Crippen LogP contribution in [0.3, 0.4) is 0 Å². The summed E-state index contributed by atoms with van der Waals surface area (Å²) in [5.74, 6) is 0.510. The molecule has 2 rings (SSSR count). The molecule has 0 spiro atoms. The van der Waals surface area contributed by atoms with Gasteiger partial charge in [-0.2, -0.15) is 4.98 Å². The van der Waals surface area contributed by atoms with Crippen LogP contribution in [0, 0.1) is 0 Å². The fourth-order valence-corrected chi connectivity index (χ4v) is 1.96. The van der Waals surface area contributed by atoms with E-state index >= 15 is 0 Å². The van der Waals surface area contributed by atoms with Gasteiger partial charge in [0.2, 0.25) is 0 Å². The Morgan fingerprint density at radius 1 is 1.67 bits per heavy atom. The van der Waals surface area contributed by atoms with Gasteiger partial charge in [-0.1, -0.05) is 0 Å². The van der Waals surface area contributed by atoms with Crippen LogP contribution < -0.4 is 11.0 Å². The minimum atomic E-state index is -0.764.